The Labute approximate surface area is 190 Å². The molecule has 0 aliphatic heterocycles. The van der Waals surface area contributed by atoms with Crippen LogP contribution < -0.4 is 10.0 Å². The lowest BCUT2D eigenvalue weighted by Gasteiger charge is -2.25. The van der Waals surface area contributed by atoms with Crippen molar-refractivity contribution in [2.45, 2.75) is 51.9 Å². The molecule has 0 radical (unpaired) electrons. The molecule has 0 saturated heterocycles. The summed E-state index contributed by atoms with van der Waals surface area (Å²) < 4.78 is 40.9. The Bertz CT molecular complexity index is 1030. The van der Waals surface area contributed by atoms with Crippen molar-refractivity contribution >= 4 is 15.9 Å². The molecular formula is C24H33FN2O4S. The van der Waals surface area contributed by atoms with Crippen LogP contribution in [0.5, 0.6) is 0 Å². The molecule has 0 saturated carbocycles. The summed E-state index contributed by atoms with van der Waals surface area (Å²) in [5.74, 6) is -0.517. The number of carbonyl (C=O) groups is 1. The van der Waals surface area contributed by atoms with Gasteiger partial charge in [-0.2, -0.15) is 0 Å². The second-order valence-corrected chi connectivity index (χ2v) is 11.1. The fraction of sp³-hybridized carbons (Fsp3) is 0.458. The van der Waals surface area contributed by atoms with Gasteiger partial charge in [0.25, 0.3) is 0 Å². The first-order valence-corrected chi connectivity index (χ1v) is 12.3. The summed E-state index contributed by atoms with van der Waals surface area (Å²) in [5, 5.41) is 12.9. The number of benzene rings is 2. The monoisotopic (exact) mass is 464 g/mol. The second kappa shape index (κ2) is 10.6. The van der Waals surface area contributed by atoms with Crippen LogP contribution in [0, 0.1) is 11.7 Å². The highest BCUT2D eigenvalue weighted by molar-refractivity contribution is 7.90. The number of halogens is 1. The predicted molar refractivity (Wildman–Crippen MR) is 125 cm³/mol. The molecule has 2 rings (SSSR count). The van der Waals surface area contributed by atoms with Gasteiger partial charge in [-0.15, -0.1) is 0 Å². The van der Waals surface area contributed by atoms with Gasteiger partial charge in [0, 0.05) is 19.0 Å². The van der Waals surface area contributed by atoms with Crippen LogP contribution in [0.1, 0.15) is 45.7 Å². The third kappa shape index (κ3) is 6.85. The first kappa shape index (κ1) is 26.0. The Balaban J connectivity index is 2.07. The Morgan fingerprint density at radius 1 is 1.06 bits per heavy atom. The average Bonchev–Trinajstić information content (AvgIpc) is 2.73. The summed E-state index contributed by atoms with van der Waals surface area (Å²) in [5.41, 5.74) is 1.13. The van der Waals surface area contributed by atoms with Crippen LogP contribution in [0.4, 0.5) is 4.39 Å². The van der Waals surface area contributed by atoms with Crippen LogP contribution in [0.25, 0.3) is 11.1 Å². The van der Waals surface area contributed by atoms with E-state index in [0.717, 1.165) is 5.56 Å². The van der Waals surface area contributed by atoms with Crippen molar-refractivity contribution < 1.29 is 22.7 Å². The van der Waals surface area contributed by atoms with Crippen molar-refractivity contribution in [2.24, 2.45) is 5.92 Å². The van der Waals surface area contributed by atoms with Crippen molar-refractivity contribution in [1.29, 1.82) is 0 Å². The first-order valence-electron chi connectivity index (χ1n) is 10.7. The molecule has 6 nitrogen and oxygen atoms in total. The Morgan fingerprint density at radius 2 is 1.66 bits per heavy atom. The van der Waals surface area contributed by atoms with Gasteiger partial charge in [-0.05, 0) is 55.5 Å². The number of nitrogens with one attached hydrogen (secondary N) is 2. The first-order chi connectivity index (χ1) is 14.8. The van der Waals surface area contributed by atoms with Crippen molar-refractivity contribution in [2.75, 3.05) is 13.1 Å². The quantitative estimate of drug-likeness (QED) is 0.503. The zero-order valence-corrected chi connectivity index (χ0v) is 20.1. The molecule has 1 atom stereocenters. The normalized spacial score (nSPS) is 13.9. The van der Waals surface area contributed by atoms with E-state index in [2.05, 4.69) is 10.0 Å². The molecule has 1 amide bonds. The molecular weight excluding hydrogens is 431 g/mol. The lowest BCUT2D eigenvalue weighted by molar-refractivity contribution is -0.123. The molecule has 0 spiro atoms. The predicted octanol–water partition coefficient (Wildman–Crippen LogP) is 3.34. The maximum Gasteiger partial charge on any atom is 0.222 e. The van der Waals surface area contributed by atoms with Gasteiger partial charge in [0.1, 0.15) is 11.4 Å². The molecule has 32 heavy (non-hydrogen) atoms. The molecule has 2 aromatic rings. The summed E-state index contributed by atoms with van der Waals surface area (Å²) in [7, 11) is -3.49. The number of amides is 1. The summed E-state index contributed by atoms with van der Waals surface area (Å²) in [6.45, 7) is 8.51. The van der Waals surface area contributed by atoms with Gasteiger partial charge in [0.2, 0.25) is 15.9 Å². The maximum atomic E-state index is 14.5. The summed E-state index contributed by atoms with van der Waals surface area (Å²) in [6, 6.07) is 11.9. The fourth-order valence-electron chi connectivity index (χ4n) is 2.99. The van der Waals surface area contributed by atoms with Gasteiger partial charge in [-0.1, -0.05) is 50.2 Å². The third-order valence-electron chi connectivity index (χ3n) is 5.35. The molecule has 3 N–H and O–H groups in total. The largest absolute Gasteiger partial charge is 0.384 e. The van der Waals surface area contributed by atoms with Crippen molar-refractivity contribution in [3.05, 3.63) is 59.4 Å². The minimum atomic E-state index is -3.49. The van der Waals surface area contributed by atoms with Crippen LogP contribution in [0.3, 0.4) is 0 Å². The highest BCUT2D eigenvalue weighted by Gasteiger charge is 2.26. The van der Waals surface area contributed by atoms with Gasteiger partial charge in [-0.25, -0.2) is 17.5 Å². The Hall–Kier alpha value is -2.29. The summed E-state index contributed by atoms with van der Waals surface area (Å²) in [6.07, 6.45) is 0.401. The van der Waals surface area contributed by atoms with E-state index in [1.54, 1.807) is 58.0 Å². The number of carbonyl (C=O) groups excluding carboxylic acids is 1. The minimum Gasteiger partial charge on any atom is -0.384 e. The minimum absolute atomic E-state index is 0.0602. The van der Waals surface area contributed by atoms with Gasteiger partial charge in [0.05, 0.1) is 5.25 Å². The molecule has 2 aromatic carbocycles. The van der Waals surface area contributed by atoms with Crippen molar-refractivity contribution in [3.63, 3.8) is 0 Å². The lowest BCUT2D eigenvalue weighted by atomic mass is 9.93. The number of sulfonamides is 1. The lowest BCUT2D eigenvalue weighted by Crippen LogP contribution is -2.41. The van der Waals surface area contributed by atoms with Crippen LogP contribution in [0.2, 0.25) is 0 Å². The topological polar surface area (TPSA) is 95.5 Å². The average molecular weight is 465 g/mol. The van der Waals surface area contributed by atoms with Gasteiger partial charge >= 0.3 is 0 Å². The number of hydrogen-bond acceptors (Lipinski definition) is 4. The summed E-state index contributed by atoms with van der Waals surface area (Å²) in [4.78, 5) is 11.6. The third-order valence-corrected chi connectivity index (χ3v) is 7.14. The highest BCUT2D eigenvalue weighted by Crippen LogP contribution is 2.26. The molecule has 0 heterocycles. The van der Waals surface area contributed by atoms with Crippen LogP contribution in [0.15, 0.2) is 42.5 Å². The molecule has 8 heteroatoms. The van der Waals surface area contributed by atoms with Gasteiger partial charge < -0.3 is 10.4 Å². The van der Waals surface area contributed by atoms with E-state index in [1.165, 1.54) is 13.0 Å². The Morgan fingerprint density at radius 3 is 2.19 bits per heavy atom. The van der Waals surface area contributed by atoms with Gasteiger partial charge in [0.15, 0.2) is 0 Å². The van der Waals surface area contributed by atoms with Crippen molar-refractivity contribution in [3.8, 4) is 11.1 Å². The number of hydrogen-bond donors (Lipinski definition) is 3. The van der Waals surface area contributed by atoms with E-state index < -0.39 is 20.9 Å². The fourth-order valence-corrected chi connectivity index (χ4v) is 3.80. The molecule has 1 unspecified atom stereocenters. The van der Waals surface area contributed by atoms with E-state index in [0.29, 0.717) is 29.7 Å². The van der Waals surface area contributed by atoms with Crippen LogP contribution >= 0.6 is 0 Å². The second-order valence-electron chi connectivity index (χ2n) is 8.77. The number of rotatable bonds is 10. The van der Waals surface area contributed by atoms with E-state index in [4.69, 9.17) is 0 Å². The Kier molecular flexibility index (Phi) is 8.56. The SMILES string of the molecule is CC(C)C(=O)NCCc1ccc(-c2ccc(C(C)(O)CNS(=O)(=O)C(C)C)cc2)cc1F. The van der Waals surface area contributed by atoms with E-state index in [9.17, 15) is 22.7 Å². The van der Waals surface area contributed by atoms with E-state index >= 15 is 0 Å². The molecule has 0 fully saturated rings. The zero-order chi connectivity index (χ0) is 24.1. The molecule has 0 aliphatic carbocycles. The zero-order valence-electron chi connectivity index (χ0n) is 19.3. The van der Waals surface area contributed by atoms with Crippen molar-refractivity contribution in [1.82, 2.24) is 10.0 Å². The molecule has 176 valence electrons. The van der Waals surface area contributed by atoms with Gasteiger partial charge in [-0.3, -0.25) is 4.79 Å². The standard InChI is InChI=1S/C24H33FN2O4S/c1-16(2)23(28)26-13-12-19-6-7-20(14-22(19)25)18-8-10-21(11-9-18)24(5,29)15-27-32(30,31)17(3)4/h6-11,14,16-17,27,29H,12-13,15H2,1-5H3,(H,26,28). The van der Waals surface area contributed by atoms with Crippen LogP contribution in [-0.4, -0.2) is 37.8 Å². The van der Waals surface area contributed by atoms with Crippen LogP contribution in [-0.2, 0) is 26.8 Å². The summed E-state index contributed by atoms with van der Waals surface area (Å²) >= 11 is 0. The molecule has 0 aromatic heterocycles. The highest BCUT2D eigenvalue weighted by atomic mass is 32.2. The molecule has 0 aliphatic rings. The maximum absolute atomic E-state index is 14.5. The smallest absolute Gasteiger partial charge is 0.222 e. The molecule has 0 bridgehead atoms. The van der Waals surface area contributed by atoms with E-state index in [1.807, 2.05) is 6.07 Å². The van der Waals surface area contributed by atoms with E-state index in [-0.39, 0.29) is 24.2 Å². The number of aliphatic hydroxyl groups is 1.